The van der Waals surface area contributed by atoms with E-state index in [4.69, 9.17) is 17.3 Å². The number of nitriles is 2. The molecule has 0 spiro atoms. The Morgan fingerprint density at radius 1 is 1.08 bits per heavy atom. The van der Waals surface area contributed by atoms with Crippen molar-refractivity contribution in [3.8, 4) is 22.6 Å². The van der Waals surface area contributed by atoms with Gasteiger partial charge in [-0.25, -0.2) is 4.98 Å². The summed E-state index contributed by atoms with van der Waals surface area (Å²) in [6.45, 7) is 0. The lowest BCUT2D eigenvalue weighted by Crippen LogP contribution is -2.02. The Kier molecular flexibility index (Phi) is 4.73. The summed E-state index contributed by atoms with van der Waals surface area (Å²) in [5.74, 6) is 0.122. The van der Waals surface area contributed by atoms with Gasteiger partial charge in [0, 0.05) is 20.4 Å². The molecule has 3 aromatic rings. The summed E-state index contributed by atoms with van der Waals surface area (Å²) >= 11 is 8.66. The van der Waals surface area contributed by atoms with E-state index in [0.717, 1.165) is 9.77 Å². The fourth-order valence-electron chi connectivity index (χ4n) is 2.15. The van der Waals surface area contributed by atoms with Crippen molar-refractivity contribution < 1.29 is 0 Å². The second-order valence-electron chi connectivity index (χ2n) is 4.68. The SMILES string of the molecule is N#Cc1c(N)nc(Sc2ccc(Cl)cc2)c(C#N)c1-c1cccs1. The molecule has 2 heterocycles. The quantitative estimate of drug-likeness (QED) is 0.707. The van der Waals surface area contributed by atoms with Crippen molar-refractivity contribution in [3.05, 3.63) is 57.9 Å². The van der Waals surface area contributed by atoms with Crippen LogP contribution in [0.3, 0.4) is 0 Å². The molecule has 0 amide bonds. The molecule has 0 aliphatic rings. The van der Waals surface area contributed by atoms with Gasteiger partial charge in [0.2, 0.25) is 0 Å². The van der Waals surface area contributed by atoms with Gasteiger partial charge >= 0.3 is 0 Å². The number of hydrogen-bond acceptors (Lipinski definition) is 6. The lowest BCUT2D eigenvalue weighted by Gasteiger charge is -2.11. The van der Waals surface area contributed by atoms with Gasteiger partial charge in [-0.05, 0) is 35.7 Å². The van der Waals surface area contributed by atoms with Crippen LogP contribution < -0.4 is 5.73 Å². The van der Waals surface area contributed by atoms with Crippen molar-refractivity contribution in [1.82, 2.24) is 4.98 Å². The summed E-state index contributed by atoms with van der Waals surface area (Å²) < 4.78 is 0. The van der Waals surface area contributed by atoms with E-state index in [9.17, 15) is 10.5 Å². The summed E-state index contributed by atoms with van der Waals surface area (Å²) in [5, 5.41) is 22.1. The molecule has 116 valence electrons. The molecular formula is C17H9ClN4S2. The zero-order chi connectivity index (χ0) is 17.1. The molecule has 3 rings (SSSR count). The summed E-state index contributed by atoms with van der Waals surface area (Å²) in [7, 11) is 0. The lowest BCUT2D eigenvalue weighted by molar-refractivity contribution is 1.11. The number of hydrogen-bond donors (Lipinski definition) is 1. The number of benzene rings is 1. The smallest absolute Gasteiger partial charge is 0.143 e. The molecule has 0 radical (unpaired) electrons. The predicted octanol–water partition coefficient (Wildman–Crippen LogP) is 4.94. The molecule has 4 nitrogen and oxygen atoms in total. The van der Waals surface area contributed by atoms with Crippen molar-refractivity contribution in [2.24, 2.45) is 0 Å². The third-order valence-corrected chi connectivity index (χ3v) is 5.35. The van der Waals surface area contributed by atoms with Gasteiger partial charge in [-0.2, -0.15) is 10.5 Å². The van der Waals surface area contributed by atoms with Crippen LogP contribution in [-0.2, 0) is 0 Å². The van der Waals surface area contributed by atoms with Gasteiger partial charge in [0.15, 0.2) is 0 Å². The first-order valence-corrected chi connectivity index (χ1v) is 8.82. The third kappa shape index (κ3) is 3.08. The van der Waals surface area contributed by atoms with Gasteiger partial charge in [0.1, 0.15) is 28.5 Å². The summed E-state index contributed by atoms with van der Waals surface area (Å²) in [5.41, 5.74) is 7.09. The van der Waals surface area contributed by atoms with Crippen LogP contribution in [0.1, 0.15) is 11.1 Å². The van der Waals surface area contributed by atoms with Crippen LogP contribution in [0, 0.1) is 22.7 Å². The van der Waals surface area contributed by atoms with Gasteiger partial charge in [0.05, 0.1) is 5.56 Å². The molecule has 1 aromatic carbocycles. The minimum Gasteiger partial charge on any atom is -0.383 e. The monoisotopic (exact) mass is 368 g/mol. The van der Waals surface area contributed by atoms with Crippen LogP contribution >= 0.6 is 34.7 Å². The van der Waals surface area contributed by atoms with E-state index in [1.54, 1.807) is 12.1 Å². The first-order chi connectivity index (χ1) is 11.6. The number of rotatable bonds is 3. The predicted molar refractivity (Wildman–Crippen MR) is 97.0 cm³/mol. The molecule has 0 bridgehead atoms. The first-order valence-electron chi connectivity index (χ1n) is 6.75. The molecule has 0 atom stereocenters. The van der Waals surface area contributed by atoms with E-state index in [1.807, 2.05) is 29.6 Å². The highest BCUT2D eigenvalue weighted by molar-refractivity contribution is 7.99. The van der Waals surface area contributed by atoms with E-state index in [0.29, 0.717) is 21.2 Å². The zero-order valence-corrected chi connectivity index (χ0v) is 14.5. The Hall–Kier alpha value is -2.51. The first kappa shape index (κ1) is 16.4. The second kappa shape index (κ2) is 6.94. The van der Waals surface area contributed by atoms with Crippen molar-refractivity contribution in [3.63, 3.8) is 0 Å². The van der Waals surface area contributed by atoms with Crippen molar-refractivity contribution in [2.45, 2.75) is 9.92 Å². The van der Waals surface area contributed by atoms with Gasteiger partial charge in [-0.3, -0.25) is 0 Å². The zero-order valence-electron chi connectivity index (χ0n) is 12.2. The fraction of sp³-hybridized carbons (Fsp3) is 0. The highest BCUT2D eigenvalue weighted by Gasteiger charge is 2.21. The average Bonchev–Trinajstić information content (AvgIpc) is 3.10. The van der Waals surface area contributed by atoms with Crippen LogP contribution in [0.2, 0.25) is 5.02 Å². The van der Waals surface area contributed by atoms with E-state index in [2.05, 4.69) is 17.1 Å². The Bertz CT molecular complexity index is 968. The largest absolute Gasteiger partial charge is 0.383 e. The van der Waals surface area contributed by atoms with Crippen LogP contribution in [-0.4, -0.2) is 4.98 Å². The molecule has 0 saturated heterocycles. The van der Waals surface area contributed by atoms with Crippen LogP contribution in [0.25, 0.3) is 10.4 Å². The third-order valence-electron chi connectivity index (χ3n) is 3.21. The Morgan fingerprint density at radius 3 is 2.38 bits per heavy atom. The normalized spacial score (nSPS) is 10.1. The molecule has 2 aromatic heterocycles. The van der Waals surface area contributed by atoms with Crippen molar-refractivity contribution in [2.75, 3.05) is 5.73 Å². The summed E-state index contributed by atoms with van der Waals surface area (Å²) in [6, 6.07) is 15.2. The summed E-state index contributed by atoms with van der Waals surface area (Å²) in [4.78, 5) is 5.96. The van der Waals surface area contributed by atoms with E-state index in [1.165, 1.54) is 23.1 Å². The number of aromatic nitrogens is 1. The van der Waals surface area contributed by atoms with E-state index < -0.39 is 0 Å². The minimum atomic E-state index is 0.122. The van der Waals surface area contributed by atoms with Gasteiger partial charge in [-0.1, -0.05) is 29.4 Å². The maximum absolute atomic E-state index is 9.66. The van der Waals surface area contributed by atoms with Crippen molar-refractivity contribution >= 4 is 40.5 Å². The molecule has 0 saturated carbocycles. The number of nitrogen functional groups attached to an aromatic ring is 1. The Balaban J connectivity index is 2.19. The highest BCUT2D eigenvalue weighted by atomic mass is 35.5. The van der Waals surface area contributed by atoms with Crippen LogP contribution in [0.15, 0.2) is 51.7 Å². The Labute approximate surface area is 152 Å². The average molecular weight is 369 g/mol. The summed E-state index contributed by atoms with van der Waals surface area (Å²) in [6.07, 6.45) is 0. The molecule has 24 heavy (non-hydrogen) atoms. The molecule has 0 fully saturated rings. The number of thiophene rings is 1. The highest BCUT2D eigenvalue weighted by Crippen LogP contribution is 2.39. The Morgan fingerprint density at radius 2 is 1.79 bits per heavy atom. The lowest BCUT2D eigenvalue weighted by atomic mass is 10.0. The number of nitrogens with two attached hydrogens (primary N) is 1. The second-order valence-corrected chi connectivity index (χ2v) is 7.13. The molecule has 7 heteroatoms. The molecular weight excluding hydrogens is 360 g/mol. The number of pyridine rings is 1. The van der Waals surface area contributed by atoms with Crippen molar-refractivity contribution in [1.29, 1.82) is 10.5 Å². The van der Waals surface area contributed by atoms with E-state index in [-0.39, 0.29) is 11.4 Å². The standard InChI is InChI=1S/C17H9ClN4S2/c18-10-3-5-11(6-4-10)24-17-13(9-20)15(14-2-1-7-23-14)12(8-19)16(21)22-17/h1-7H,(H2,21,22). The topological polar surface area (TPSA) is 86.5 Å². The van der Waals surface area contributed by atoms with Gasteiger partial charge in [-0.15, -0.1) is 11.3 Å². The van der Waals surface area contributed by atoms with Gasteiger partial charge in [0.25, 0.3) is 0 Å². The maximum Gasteiger partial charge on any atom is 0.143 e. The maximum atomic E-state index is 9.66. The molecule has 2 N–H and O–H groups in total. The van der Waals surface area contributed by atoms with Crippen LogP contribution in [0.5, 0.6) is 0 Å². The van der Waals surface area contributed by atoms with Crippen LogP contribution in [0.4, 0.5) is 5.82 Å². The number of anilines is 1. The number of halogens is 1. The number of nitrogens with zero attached hydrogens (tertiary/aromatic N) is 3. The molecule has 0 aliphatic carbocycles. The van der Waals surface area contributed by atoms with Gasteiger partial charge < -0.3 is 5.73 Å². The molecule has 0 aliphatic heterocycles. The minimum absolute atomic E-state index is 0.122. The molecule has 0 unspecified atom stereocenters. The van der Waals surface area contributed by atoms with E-state index >= 15 is 0 Å². The fourth-order valence-corrected chi connectivity index (χ4v) is 3.95.